The van der Waals surface area contributed by atoms with Crippen molar-refractivity contribution in [2.75, 3.05) is 0 Å². The van der Waals surface area contributed by atoms with E-state index in [1.807, 2.05) is 18.2 Å². The zero-order valence-corrected chi connectivity index (χ0v) is 12.1. The number of aromatic nitrogens is 2. The monoisotopic (exact) mass is 358 g/mol. The number of halogens is 2. The summed E-state index contributed by atoms with van der Waals surface area (Å²) in [6.45, 7) is 0. The summed E-state index contributed by atoms with van der Waals surface area (Å²) in [4.78, 5) is 0. The normalized spacial score (nSPS) is 15.9. The maximum absolute atomic E-state index is 6.06. The topological polar surface area (TPSA) is 28.7 Å². The van der Waals surface area contributed by atoms with Gasteiger partial charge in [0, 0.05) is 22.2 Å². The summed E-state index contributed by atoms with van der Waals surface area (Å²) in [5.41, 5.74) is 3.68. The van der Waals surface area contributed by atoms with Crippen molar-refractivity contribution >= 4 is 34.2 Å². The smallest absolute Gasteiger partial charge is 0.131 e. The second-order valence-corrected chi connectivity index (χ2v) is 5.90. The number of benzene rings is 1. The summed E-state index contributed by atoms with van der Waals surface area (Å²) in [5.74, 6) is 0.653. The number of nitrogens with zero attached hydrogens (tertiary/aromatic N) is 1. The molecular formula is C13H12ClIN2. The molecule has 1 aliphatic rings. The van der Waals surface area contributed by atoms with E-state index in [0.29, 0.717) is 5.92 Å². The SMILES string of the molecule is Clc1cccc(-c2c(I)n[nH]c2C2CCC2)c1. The first-order chi connectivity index (χ1) is 8.25. The first-order valence-electron chi connectivity index (χ1n) is 5.75. The van der Waals surface area contributed by atoms with E-state index >= 15 is 0 Å². The molecule has 0 radical (unpaired) electrons. The van der Waals surface area contributed by atoms with Gasteiger partial charge in [0.25, 0.3) is 0 Å². The first-order valence-corrected chi connectivity index (χ1v) is 7.21. The fourth-order valence-electron chi connectivity index (χ4n) is 2.24. The molecule has 0 saturated heterocycles. The third-order valence-corrected chi connectivity index (χ3v) is 4.39. The molecule has 0 unspecified atom stereocenters. The number of hydrogen-bond donors (Lipinski definition) is 1. The lowest BCUT2D eigenvalue weighted by molar-refractivity contribution is 0.411. The summed E-state index contributed by atoms with van der Waals surface area (Å²) in [7, 11) is 0. The molecule has 2 nitrogen and oxygen atoms in total. The van der Waals surface area contributed by atoms with Gasteiger partial charge in [-0.1, -0.05) is 30.2 Å². The Morgan fingerprint density at radius 2 is 2.18 bits per heavy atom. The van der Waals surface area contributed by atoms with Crippen LogP contribution in [0.2, 0.25) is 5.02 Å². The van der Waals surface area contributed by atoms with Crippen LogP contribution in [0.1, 0.15) is 30.9 Å². The second-order valence-electron chi connectivity index (χ2n) is 4.44. The van der Waals surface area contributed by atoms with Crippen molar-refractivity contribution in [1.29, 1.82) is 0 Å². The van der Waals surface area contributed by atoms with E-state index in [1.54, 1.807) is 0 Å². The van der Waals surface area contributed by atoms with Crippen LogP contribution in [0.4, 0.5) is 0 Å². The Morgan fingerprint density at radius 1 is 1.35 bits per heavy atom. The molecule has 1 aromatic carbocycles. The number of aromatic amines is 1. The van der Waals surface area contributed by atoms with Gasteiger partial charge in [-0.25, -0.2) is 0 Å². The quantitative estimate of drug-likeness (QED) is 0.781. The zero-order valence-electron chi connectivity index (χ0n) is 9.21. The van der Waals surface area contributed by atoms with Gasteiger partial charge in [-0.15, -0.1) is 0 Å². The molecular weight excluding hydrogens is 347 g/mol. The first kappa shape index (κ1) is 11.5. The molecule has 17 heavy (non-hydrogen) atoms. The highest BCUT2D eigenvalue weighted by Gasteiger charge is 2.26. The van der Waals surface area contributed by atoms with Crippen LogP contribution < -0.4 is 0 Å². The minimum Gasteiger partial charge on any atom is -0.281 e. The average molecular weight is 359 g/mol. The van der Waals surface area contributed by atoms with E-state index < -0.39 is 0 Å². The molecule has 2 aromatic rings. The summed E-state index contributed by atoms with van der Waals surface area (Å²) in [5, 5.41) is 8.31. The molecule has 4 heteroatoms. The Bertz CT molecular complexity index is 546. The van der Waals surface area contributed by atoms with Crippen LogP contribution in [0, 0.1) is 3.70 Å². The summed E-state index contributed by atoms with van der Waals surface area (Å²) >= 11 is 8.35. The van der Waals surface area contributed by atoms with Crippen LogP contribution in [-0.2, 0) is 0 Å². The third-order valence-electron chi connectivity index (χ3n) is 3.38. The van der Waals surface area contributed by atoms with Gasteiger partial charge >= 0.3 is 0 Å². The lowest BCUT2D eigenvalue weighted by atomic mass is 9.81. The molecule has 0 atom stereocenters. The molecule has 0 aliphatic heterocycles. The van der Waals surface area contributed by atoms with E-state index in [9.17, 15) is 0 Å². The average Bonchev–Trinajstić information content (AvgIpc) is 2.58. The van der Waals surface area contributed by atoms with E-state index in [0.717, 1.165) is 14.3 Å². The van der Waals surface area contributed by atoms with Gasteiger partial charge in [-0.05, 0) is 53.1 Å². The van der Waals surface area contributed by atoms with Crippen LogP contribution in [-0.4, -0.2) is 10.2 Å². The van der Waals surface area contributed by atoms with Gasteiger partial charge < -0.3 is 0 Å². The fraction of sp³-hybridized carbons (Fsp3) is 0.308. The van der Waals surface area contributed by atoms with Gasteiger partial charge in [-0.3, -0.25) is 5.10 Å². The van der Waals surface area contributed by atoms with Crippen molar-refractivity contribution in [1.82, 2.24) is 10.2 Å². The van der Waals surface area contributed by atoms with Crippen LogP contribution in [0.15, 0.2) is 24.3 Å². The Morgan fingerprint density at radius 3 is 2.82 bits per heavy atom. The van der Waals surface area contributed by atoms with E-state index in [-0.39, 0.29) is 0 Å². The minimum absolute atomic E-state index is 0.653. The highest BCUT2D eigenvalue weighted by molar-refractivity contribution is 14.1. The number of rotatable bonds is 2. The van der Waals surface area contributed by atoms with Crippen molar-refractivity contribution in [3.8, 4) is 11.1 Å². The van der Waals surface area contributed by atoms with E-state index in [1.165, 1.54) is 30.5 Å². The van der Waals surface area contributed by atoms with Crippen LogP contribution >= 0.6 is 34.2 Å². The molecule has 1 aliphatic carbocycles. The van der Waals surface area contributed by atoms with Crippen LogP contribution in [0.3, 0.4) is 0 Å². The lowest BCUT2D eigenvalue weighted by Gasteiger charge is -2.25. The predicted octanol–water partition coefficient (Wildman–Crippen LogP) is 4.60. The maximum atomic E-state index is 6.06. The molecule has 1 N–H and O–H groups in total. The van der Waals surface area contributed by atoms with Gasteiger partial charge in [0.2, 0.25) is 0 Å². The largest absolute Gasteiger partial charge is 0.281 e. The summed E-state index contributed by atoms with van der Waals surface area (Å²) < 4.78 is 1.03. The van der Waals surface area contributed by atoms with Crippen molar-refractivity contribution in [2.24, 2.45) is 0 Å². The van der Waals surface area contributed by atoms with Crippen LogP contribution in [0.5, 0.6) is 0 Å². The molecule has 0 spiro atoms. The molecule has 0 amide bonds. The zero-order chi connectivity index (χ0) is 11.8. The molecule has 88 valence electrons. The van der Waals surface area contributed by atoms with Crippen molar-refractivity contribution in [2.45, 2.75) is 25.2 Å². The Kier molecular flexibility index (Phi) is 3.13. The highest BCUT2D eigenvalue weighted by Crippen LogP contribution is 2.41. The predicted molar refractivity (Wildman–Crippen MR) is 78.3 cm³/mol. The second kappa shape index (κ2) is 4.61. The van der Waals surface area contributed by atoms with E-state index in [4.69, 9.17) is 11.6 Å². The van der Waals surface area contributed by atoms with Crippen molar-refractivity contribution in [3.05, 3.63) is 38.7 Å². The Hall–Kier alpha value is -0.550. The third kappa shape index (κ3) is 2.10. The molecule has 3 rings (SSSR count). The summed E-state index contributed by atoms with van der Waals surface area (Å²) in [6, 6.07) is 8.00. The van der Waals surface area contributed by atoms with Crippen molar-refractivity contribution < 1.29 is 0 Å². The van der Waals surface area contributed by atoms with E-state index in [2.05, 4.69) is 38.9 Å². The standard InChI is InChI=1S/C13H12ClIN2/c14-10-6-2-5-9(7-10)11-12(8-3-1-4-8)16-17-13(11)15/h2,5-8H,1,3-4H2,(H,16,17). The van der Waals surface area contributed by atoms with Gasteiger partial charge in [0.15, 0.2) is 0 Å². The van der Waals surface area contributed by atoms with Gasteiger partial charge in [-0.2, -0.15) is 5.10 Å². The molecule has 1 saturated carbocycles. The molecule has 1 aromatic heterocycles. The lowest BCUT2D eigenvalue weighted by Crippen LogP contribution is -2.10. The number of hydrogen-bond acceptors (Lipinski definition) is 1. The molecule has 1 fully saturated rings. The van der Waals surface area contributed by atoms with Crippen molar-refractivity contribution in [3.63, 3.8) is 0 Å². The maximum Gasteiger partial charge on any atom is 0.131 e. The Balaban J connectivity index is 2.09. The van der Waals surface area contributed by atoms with Gasteiger partial charge in [0.05, 0.1) is 0 Å². The molecule has 0 bridgehead atoms. The van der Waals surface area contributed by atoms with Crippen LogP contribution in [0.25, 0.3) is 11.1 Å². The fourth-order valence-corrected chi connectivity index (χ4v) is 3.16. The van der Waals surface area contributed by atoms with Gasteiger partial charge in [0.1, 0.15) is 3.70 Å². The Labute approximate surface area is 119 Å². The number of nitrogens with one attached hydrogen (secondary N) is 1. The minimum atomic E-state index is 0.653. The summed E-state index contributed by atoms with van der Waals surface area (Å²) in [6.07, 6.45) is 3.87. The highest BCUT2D eigenvalue weighted by atomic mass is 127. The molecule has 1 heterocycles. The number of H-pyrrole nitrogens is 1.